The molecule has 0 bridgehead atoms. The van der Waals surface area contributed by atoms with Gasteiger partial charge < -0.3 is 14.8 Å². The Morgan fingerprint density at radius 2 is 1.89 bits per heavy atom. The quantitative estimate of drug-likeness (QED) is 0.762. The van der Waals surface area contributed by atoms with Crippen molar-refractivity contribution in [3.05, 3.63) is 66.2 Å². The lowest BCUT2D eigenvalue weighted by Gasteiger charge is -2.18. The molecule has 1 heterocycles. The molecule has 1 aliphatic heterocycles. The number of rotatable bonds is 4. The topological polar surface area (TPSA) is 47.6 Å². The van der Waals surface area contributed by atoms with E-state index in [0.717, 1.165) is 30.5 Å². The Morgan fingerprint density at radius 3 is 2.56 bits per heavy atom. The molecule has 1 N–H and O–H groups in total. The molecular formula is C20H18F3NO3. The fourth-order valence-electron chi connectivity index (χ4n) is 2.84. The standard InChI is InChI=1S/C20H18F3NO3/c1-2-19(25)24-17-4-3-11-26-18-12-15(9-10-16(17)18)27-14-7-5-13(6-8-14)20(21,22)23/h2,5-10,12,17H,1,3-4,11H2,(H,24,25). The lowest BCUT2D eigenvalue weighted by Crippen LogP contribution is -2.26. The number of amides is 1. The van der Waals surface area contributed by atoms with Gasteiger partial charge in [0.1, 0.15) is 17.2 Å². The highest BCUT2D eigenvalue weighted by molar-refractivity contribution is 5.87. The Balaban J connectivity index is 1.79. The van der Waals surface area contributed by atoms with Crippen molar-refractivity contribution in [2.75, 3.05) is 6.61 Å². The summed E-state index contributed by atoms with van der Waals surface area (Å²) in [7, 11) is 0. The van der Waals surface area contributed by atoms with Gasteiger partial charge in [-0.3, -0.25) is 4.79 Å². The monoisotopic (exact) mass is 377 g/mol. The Labute approximate surface area is 154 Å². The molecule has 1 aliphatic rings. The second-order valence-electron chi connectivity index (χ2n) is 6.08. The van der Waals surface area contributed by atoms with E-state index in [4.69, 9.17) is 9.47 Å². The van der Waals surface area contributed by atoms with Gasteiger partial charge in [-0.15, -0.1) is 0 Å². The van der Waals surface area contributed by atoms with E-state index in [1.807, 2.05) is 0 Å². The van der Waals surface area contributed by atoms with Crippen LogP contribution in [0.2, 0.25) is 0 Å². The van der Waals surface area contributed by atoms with E-state index in [1.165, 1.54) is 18.2 Å². The number of carbonyl (C=O) groups excluding carboxylic acids is 1. The van der Waals surface area contributed by atoms with Crippen LogP contribution < -0.4 is 14.8 Å². The number of hydrogen-bond donors (Lipinski definition) is 1. The van der Waals surface area contributed by atoms with E-state index in [-0.39, 0.29) is 17.7 Å². The Kier molecular flexibility index (Phi) is 5.39. The fraction of sp³-hybridized carbons (Fsp3) is 0.250. The molecule has 1 unspecified atom stereocenters. The van der Waals surface area contributed by atoms with Gasteiger partial charge in [-0.2, -0.15) is 13.2 Å². The predicted octanol–water partition coefficient (Wildman–Crippen LogP) is 5.01. The summed E-state index contributed by atoms with van der Waals surface area (Å²) in [5.74, 6) is 1.03. The number of alkyl halides is 3. The molecule has 0 radical (unpaired) electrons. The summed E-state index contributed by atoms with van der Waals surface area (Å²) in [6.45, 7) is 3.95. The molecule has 0 aromatic heterocycles. The number of fused-ring (bicyclic) bond motifs is 1. The van der Waals surface area contributed by atoms with Crippen LogP contribution in [-0.2, 0) is 11.0 Å². The molecule has 1 atom stereocenters. The lowest BCUT2D eigenvalue weighted by atomic mass is 10.0. The van der Waals surface area contributed by atoms with Gasteiger partial charge in [0, 0.05) is 11.6 Å². The van der Waals surface area contributed by atoms with Crippen molar-refractivity contribution in [1.82, 2.24) is 5.32 Å². The molecule has 0 fully saturated rings. The summed E-state index contributed by atoms with van der Waals surface area (Å²) in [5, 5.41) is 2.87. The second-order valence-corrected chi connectivity index (χ2v) is 6.08. The minimum absolute atomic E-state index is 0.201. The zero-order valence-electron chi connectivity index (χ0n) is 14.4. The van der Waals surface area contributed by atoms with Gasteiger partial charge in [-0.05, 0) is 55.3 Å². The molecule has 0 spiro atoms. The summed E-state index contributed by atoms with van der Waals surface area (Å²) >= 11 is 0. The van der Waals surface area contributed by atoms with Crippen LogP contribution in [0.3, 0.4) is 0 Å². The number of halogens is 3. The van der Waals surface area contributed by atoms with Gasteiger partial charge in [-0.25, -0.2) is 0 Å². The van der Waals surface area contributed by atoms with Crippen LogP contribution in [0.4, 0.5) is 13.2 Å². The van der Waals surface area contributed by atoms with Crippen LogP contribution in [-0.4, -0.2) is 12.5 Å². The number of nitrogens with one attached hydrogen (secondary N) is 1. The summed E-state index contributed by atoms with van der Waals surface area (Å²) in [5.41, 5.74) is 0.0865. The van der Waals surface area contributed by atoms with Crippen LogP contribution >= 0.6 is 0 Å². The Bertz CT molecular complexity index is 831. The lowest BCUT2D eigenvalue weighted by molar-refractivity contribution is -0.137. The van der Waals surface area contributed by atoms with Crippen LogP contribution in [0.25, 0.3) is 0 Å². The van der Waals surface area contributed by atoms with E-state index >= 15 is 0 Å². The van der Waals surface area contributed by atoms with Crippen molar-refractivity contribution in [1.29, 1.82) is 0 Å². The summed E-state index contributed by atoms with van der Waals surface area (Å²) < 4.78 is 49.3. The summed E-state index contributed by atoms with van der Waals surface area (Å²) in [6.07, 6.45) is -1.67. The van der Waals surface area contributed by atoms with Crippen molar-refractivity contribution in [2.24, 2.45) is 0 Å². The molecule has 4 nitrogen and oxygen atoms in total. The maximum absolute atomic E-state index is 12.6. The van der Waals surface area contributed by atoms with Gasteiger partial charge in [0.25, 0.3) is 0 Å². The van der Waals surface area contributed by atoms with Crippen molar-refractivity contribution in [3.8, 4) is 17.2 Å². The molecule has 0 aliphatic carbocycles. The van der Waals surface area contributed by atoms with Gasteiger partial charge >= 0.3 is 6.18 Å². The van der Waals surface area contributed by atoms with E-state index in [1.54, 1.807) is 18.2 Å². The van der Waals surface area contributed by atoms with Gasteiger partial charge in [0.15, 0.2) is 0 Å². The molecule has 3 rings (SSSR count). The van der Waals surface area contributed by atoms with Crippen LogP contribution in [0.1, 0.15) is 30.0 Å². The Morgan fingerprint density at radius 1 is 1.19 bits per heavy atom. The van der Waals surface area contributed by atoms with Crippen molar-refractivity contribution < 1.29 is 27.4 Å². The van der Waals surface area contributed by atoms with Crippen LogP contribution in [0.5, 0.6) is 17.2 Å². The molecule has 2 aromatic rings. The first kappa shape index (κ1) is 18.8. The van der Waals surface area contributed by atoms with E-state index in [0.29, 0.717) is 18.1 Å². The number of benzene rings is 2. The zero-order valence-corrected chi connectivity index (χ0v) is 14.4. The van der Waals surface area contributed by atoms with E-state index < -0.39 is 11.7 Å². The normalized spacial score (nSPS) is 16.5. The highest BCUT2D eigenvalue weighted by Crippen LogP contribution is 2.36. The van der Waals surface area contributed by atoms with E-state index in [2.05, 4.69) is 11.9 Å². The van der Waals surface area contributed by atoms with Crippen molar-refractivity contribution in [3.63, 3.8) is 0 Å². The Hall–Kier alpha value is -2.96. The summed E-state index contributed by atoms with van der Waals surface area (Å²) in [4.78, 5) is 11.6. The molecule has 0 saturated carbocycles. The number of carbonyl (C=O) groups is 1. The second kappa shape index (κ2) is 7.73. The largest absolute Gasteiger partial charge is 0.493 e. The smallest absolute Gasteiger partial charge is 0.416 e. The molecule has 27 heavy (non-hydrogen) atoms. The first-order chi connectivity index (χ1) is 12.9. The average Bonchev–Trinajstić information content (AvgIpc) is 2.83. The predicted molar refractivity (Wildman–Crippen MR) is 93.8 cm³/mol. The first-order valence-corrected chi connectivity index (χ1v) is 8.41. The fourth-order valence-corrected chi connectivity index (χ4v) is 2.84. The molecular weight excluding hydrogens is 359 g/mol. The molecule has 7 heteroatoms. The zero-order chi connectivity index (χ0) is 19.4. The SMILES string of the molecule is C=CC(=O)NC1CCCOc2cc(Oc3ccc(C(F)(F)F)cc3)ccc21. The van der Waals surface area contributed by atoms with E-state index in [9.17, 15) is 18.0 Å². The molecule has 2 aromatic carbocycles. The number of ether oxygens (including phenoxy) is 2. The van der Waals surface area contributed by atoms with Crippen molar-refractivity contribution in [2.45, 2.75) is 25.1 Å². The third kappa shape index (κ3) is 4.61. The third-order valence-electron chi connectivity index (χ3n) is 4.17. The average molecular weight is 377 g/mol. The van der Waals surface area contributed by atoms with Crippen LogP contribution in [0, 0.1) is 0 Å². The third-order valence-corrected chi connectivity index (χ3v) is 4.17. The minimum Gasteiger partial charge on any atom is -0.493 e. The molecule has 0 saturated heterocycles. The number of hydrogen-bond acceptors (Lipinski definition) is 3. The summed E-state index contributed by atoms with van der Waals surface area (Å²) in [6, 6.07) is 9.42. The maximum atomic E-state index is 12.6. The van der Waals surface area contributed by atoms with Crippen molar-refractivity contribution >= 4 is 5.91 Å². The van der Waals surface area contributed by atoms with Gasteiger partial charge in [0.2, 0.25) is 5.91 Å². The maximum Gasteiger partial charge on any atom is 0.416 e. The highest BCUT2D eigenvalue weighted by Gasteiger charge is 2.30. The molecule has 1 amide bonds. The van der Waals surface area contributed by atoms with Gasteiger partial charge in [0.05, 0.1) is 18.2 Å². The highest BCUT2D eigenvalue weighted by atomic mass is 19.4. The van der Waals surface area contributed by atoms with Crippen LogP contribution in [0.15, 0.2) is 55.1 Å². The van der Waals surface area contributed by atoms with Gasteiger partial charge in [-0.1, -0.05) is 6.58 Å². The minimum atomic E-state index is -4.39. The molecule has 142 valence electrons. The first-order valence-electron chi connectivity index (χ1n) is 8.41.